The van der Waals surface area contributed by atoms with E-state index in [-0.39, 0.29) is 5.69 Å². The van der Waals surface area contributed by atoms with Crippen molar-refractivity contribution in [2.24, 2.45) is 5.41 Å². The number of carbonyl (C=O) groups excluding carboxylic acids is 1. The van der Waals surface area contributed by atoms with Gasteiger partial charge in [0.05, 0.1) is 6.61 Å². The molecule has 17 heavy (non-hydrogen) atoms. The maximum absolute atomic E-state index is 11.4. The minimum absolute atomic E-state index is 0.218. The first-order valence-electron chi connectivity index (χ1n) is 6.05. The highest BCUT2D eigenvalue weighted by molar-refractivity contribution is 5.87. The summed E-state index contributed by atoms with van der Waals surface area (Å²) in [4.78, 5) is 15.4. The molecule has 1 aromatic heterocycles. The van der Waals surface area contributed by atoms with E-state index in [1.165, 1.54) is 19.1 Å². The van der Waals surface area contributed by atoms with Gasteiger partial charge in [-0.1, -0.05) is 6.92 Å². The average molecular weight is 238 g/mol. The fraction of sp³-hybridized carbons (Fsp3) is 0.667. The largest absolute Gasteiger partial charge is 0.461 e. The van der Waals surface area contributed by atoms with Crippen LogP contribution in [-0.4, -0.2) is 24.1 Å². The minimum Gasteiger partial charge on any atom is -0.461 e. The van der Waals surface area contributed by atoms with Gasteiger partial charge in [0.25, 0.3) is 6.01 Å². The van der Waals surface area contributed by atoms with Crippen molar-refractivity contribution in [1.29, 1.82) is 0 Å². The Morgan fingerprint density at radius 2 is 2.35 bits per heavy atom. The van der Waals surface area contributed by atoms with Gasteiger partial charge in [-0.25, -0.2) is 4.79 Å². The number of nitrogens with one attached hydrogen (secondary N) is 1. The van der Waals surface area contributed by atoms with Crippen LogP contribution in [-0.2, 0) is 4.74 Å². The van der Waals surface area contributed by atoms with E-state index < -0.39 is 5.97 Å². The Morgan fingerprint density at radius 3 is 2.94 bits per heavy atom. The summed E-state index contributed by atoms with van der Waals surface area (Å²) >= 11 is 0. The van der Waals surface area contributed by atoms with Crippen LogP contribution in [0.15, 0.2) is 10.7 Å². The number of nitrogens with zero attached hydrogens (tertiary/aromatic N) is 1. The van der Waals surface area contributed by atoms with Crippen LogP contribution >= 0.6 is 0 Å². The van der Waals surface area contributed by atoms with E-state index in [0.717, 1.165) is 13.0 Å². The summed E-state index contributed by atoms with van der Waals surface area (Å²) in [7, 11) is 0. The first kappa shape index (κ1) is 12.0. The Balaban J connectivity index is 1.88. The lowest BCUT2D eigenvalue weighted by molar-refractivity contribution is 0.0519. The molecule has 0 radical (unpaired) electrons. The topological polar surface area (TPSA) is 64.4 Å². The molecule has 0 spiro atoms. The van der Waals surface area contributed by atoms with Crippen LogP contribution in [0.5, 0.6) is 0 Å². The molecule has 94 valence electrons. The molecular weight excluding hydrogens is 220 g/mol. The third kappa shape index (κ3) is 2.78. The molecule has 0 aromatic carbocycles. The fourth-order valence-electron chi connectivity index (χ4n) is 1.75. The van der Waals surface area contributed by atoms with Crippen LogP contribution in [0, 0.1) is 5.41 Å². The standard InChI is InChI=1S/C12H18N2O3/c1-3-12(5-6-12)8-13-11-14-9(7-17-11)10(15)16-4-2/h7H,3-6,8H2,1-2H3,(H,13,14). The molecule has 1 aliphatic rings. The molecule has 1 aromatic rings. The third-order valence-corrected chi connectivity index (χ3v) is 3.31. The Labute approximate surface area is 101 Å². The van der Waals surface area contributed by atoms with Crippen molar-refractivity contribution in [2.75, 3.05) is 18.5 Å². The summed E-state index contributed by atoms with van der Waals surface area (Å²) in [5, 5.41) is 3.13. The fourth-order valence-corrected chi connectivity index (χ4v) is 1.75. The van der Waals surface area contributed by atoms with E-state index in [1.807, 2.05) is 0 Å². The predicted octanol–water partition coefficient (Wildman–Crippen LogP) is 2.45. The van der Waals surface area contributed by atoms with Crippen LogP contribution < -0.4 is 5.32 Å². The second-order valence-corrected chi connectivity index (χ2v) is 4.47. The van der Waals surface area contributed by atoms with Crippen molar-refractivity contribution in [3.05, 3.63) is 12.0 Å². The van der Waals surface area contributed by atoms with Crippen molar-refractivity contribution in [2.45, 2.75) is 33.1 Å². The summed E-state index contributed by atoms with van der Waals surface area (Å²) in [6.45, 7) is 5.14. The predicted molar refractivity (Wildman–Crippen MR) is 62.9 cm³/mol. The molecule has 0 unspecified atom stereocenters. The number of hydrogen-bond donors (Lipinski definition) is 1. The molecule has 0 aliphatic heterocycles. The van der Waals surface area contributed by atoms with Gasteiger partial charge in [0.2, 0.25) is 0 Å². The van der Waals surface area contributed by atoms with Gasteiger partial charge < -0.3 is 14.5 Å². The van der Waals surface area contributed by atoms with E-state index in [9.17, 15) is 4.79 Å². The molecule has 2 rings (SSSR count). The first-order chi connectivity index (χ1) is 8.19. The lowest BCUT2D eigenvalue weighted by Gasteiger charge is -2.11. The molecule has 0 saturated heterocycles. The monoisotopic (exact) mass is 238 g/mol. The average Bonchev–Trinajstić information content (AvgIpc) is 2.96. The molecule has 1 saturated carbocycles. The Hall–Kier alpha value is -1.52. The number of hydrogen-bond acceptors (Lipinski definition) is 5. The van der Waals surface area contributed by atoms with Crippen LogP contribution in [0.4, 0.5) is 6.01 Å². The highest BCUT2D eigenvalue weighted by Crippen LogP contribution is 2.48. The first-order valence-corrected chi connectivity index (χ1v) is 6.05. The van der Waals surface area contributed by atoms with Crippen molar-refractivity contribution in [3.8, 4) is 0 Å². The van der Waals surface area contributed by atoms with Crippen LogP contribution in [0.25, 0.3) is 0 Å². The van der Waals surface area contributed by atoms with Gasteiger partial charge in [0, 0.05) is 6.54 Å². The quantitative estimate of drug-likeness (QED) is 0.771. The zero-order valence-corrected chi connectivity index (χ0v) is 10.3. The SMILES string of the molecule is CCOC(=O)c1coc(NCC2(CC)CC2)n1. The van der Waals surface area contributed by atoms with Gasteiger partial charge in [0.1, 0.15) is 6.26 Å². The van der Waals surface area contributed by atoms with Gasteiger partial charge in [-0.05, 0) is 31.6 Å². The third-order valence-electron chi connectivity index (χ3n) is 3.31. The number of carbonyl (C=O) groups is 1. The van der Waals surface area contributed by atoms with Crippen LogP contribution in [0.3, 0.4) is 0 Å². The molecule has 0 bridgehead atoms. The second-order valence-electron chi connectivity index (χ2n) is 4.47. The maximum atomic E-state index is 11.4. The minimum atomic E-state index is -0.444. The molecular formula is C12H18N2O3. The second kappa shape index (κ2) is 4.77. The normalized spacial score (nSPS) is 16.6. The molecule has 1 fully saturated rings. The molecule has 5 heteroatoms. The van der Waals surface area contributed by atoms with Gasteiger partial charge in [-0.2, -0.15) is 4.98 Å². The zero-order valence-electron chi connectivity index (χ0n) is 10.3. The van der Waals surface area contributed by atoms with Crippen molar-refractivity contribution in [1.82, 2.24) is 4.98 Å². The number of esters is 1. The Kier molecular flexibility index (Phi) is 3.36. The summed E-state index contributed by atoms with van der Waals surface area (Å²) in [6, 6.07) is 0.396. The van der Waals surface area contributed by atoms with Crippen LogP contribution in [0.1, 0.15) is 43.6 Å². The maximum Gasteiger partial charge on any atom is 0.360 e. The van der Waals surface area contributed by atoms with Crippen molar-refractivity contribution < 1.29 is 13.9 Å². The lowest BCUT2D eigenvalue weighted by Crippen LogP contribution is -2.14. The zero-order chi connectivity index (χ0) is 12.3. The van der Waals surface area contributed by atoms with Crippen molar-refractivity contribution in [3.63, 3.8) is 0 Å². The molecule has 0 amide bonds. The van der Waals surface area contributed by atoms with Gasteiger partial charge in [-0.3, -0.25) is 0 Å². The van der Waals surface area contributed by atoms with Gasteiger partial charge >= 0.3 is 5.97 Å². The molecule has 1 heterocycles. The Bertz CT molecular complexity index is 396. The molecule has 1 N–H and O–H groups in total. The van der Waals surface area contributed by atoms with Gasteiger partial charge in [0.15, 0.2) is 5.69 Å². The number of aromatic nitrogens is 1. The highest BCUT2D eigenvalue weighted by Gasteiger charge is 2.40. The van der Waals surface area contributed by atoms with E-state index in [1.54, 1.807) is 6.92 Å². The molecule has 0 atom stereocenters. The lowest BCUT2D eigenvalue weighted by atomic mass is 10.0. The summed E-state index contributed by atoms with van der Waals surface area (Å²) in [6.07, 6.45) is 4.99. The summed E-state index contributed by atoms with van der Waals surface area (Å²) in [5.74, 6) is -0.444. The summed E-state index contributed by atoms with van der Waals surface area (Å²) in [5.41, 5.74) is 0.633. The van der Waals surface area contributed by atoms with Crippen molar-refractivity contribution >= 4 is 12.0 Å². The van der Waals surface area contributed by atoms with E-state index in [0.29, 0.717) is 18.0 Å². The number of anilines is 1. The smallest absolute Gasteiger partial charge is 0.360 e. The summed E-state index contributed by atoms with van der Waals surface area (Å²) < 4.78 is 10.0. The van der Waals surface area contributed by atoms with Gasteiger partial charge in [-0.15, -0.1) is 0 Å². The number of ether oxygens (including phenoxy) is 1. The number of rotatable bonds is 6. The highest BCUT2D eigenvalue weighted by atomic mass is 16.5. The van der Waals surface area contributed by atoms with Crippen LogP contribution in [0.2, 0.25) is 0 Å². The molecule has 5 nitrogen and oxygen atoms in total. The number of oxazole rings is 1. The molecule has 1 aliphatic carbocycles. The van der Waals surface area contributed by atoms with E-state index in [2.05, 4.69) is 17.2 Å². The van der Waals surface area contributed by atoms with E-state index >= 15 is 0 Å². The Morgan fingerprint density at radius 1 is 1.59 bits per heavy atom. The van der Waals surface area contributed by atoms with E-state index in [4.69, 9.17) is 9.15 Å².